The second-order valence-corrected chi connectivity index (χ2v) is 0. The Bertz CT molecular complexity index is 3.90. The van der Waals surface area contributed by atoms with Gasteiger partial charge in [-0.2, -0.15) is 0 Å². The van der Waals surface area contributed by atoms with Gasteiger partial charge in [0.25, 0.3) is 0 Å². The predicted octanol–water partition coefficient (Wildman–Crippen LogP) is -18.0. The van der Waals surface area contributed by atoms with E-state index in [2.05, 4.69) is 0 Å². The summed E-state index contributed by atoms with van der Waals surface area (Å²) in [6.07, 6.45) is 0. The van der Waals surface area contributed by atoms with Crippen molar-refractivity contribution in [1.82, 2.24) is 0 Å². The van der Waals surface area contributed by atoms with Gasteiger partial charge in [-0.25, -0.2) is 0 Å². The Hall–Kier alpha value is 3.40. The van der Waals surface area contributed by atoms with Crippen LogP contribution in [0.3, 0.4) is 0 Å². The maximum Gasteiger partial charge on any atom is 1.00 e. The number of rotatable bonds is 0. The van der Waals surface area contributed by atoms with E-state index in [1.54, 1.807) is 0 Å². The van der Waals surface area contributed by atoms with E-state index in [0.717, 1.165) is 0 Å². The van der Waals surface area contributed by atoms with Gasteiger partial charge in [-0.05, 0) is 0 Å². The molecule has 0 aromatic heterocycles. The molecule has 40 valence electrons. The fourth-order valence-electron chi connectivity index (χ4n) is 0. The van der Waals surface area contributed by atoms with Gasteiger partial charge in [0.05, 0.1) is 0 Å². The average Bonchev–Trinajstić information content (AvgIpc) is 0. The van der Waals surface area contributed by atoms with Crippen LogP contribution < -0.4 is 114 Å². The molecule has 0 saturated carbocycles. The van der Waals surface area contributed by atoms with Crippen LogP contribution in [0.4, 0.5) is 0 Å². The fraction of sp³-hybridized carbons (Fsp3) is 0. The van der Waals surface area contributed by atoms with Gasteiger partial charge in [-0.1, -0.05) is 0 Å². The molecule has 0 heterocycles. The van der Waals surface area contributed by atoms with Gasteiger partial charge >= 0.3 is 29.6 Å². The summed E-state index contributed by atoms with van der Waals surface area (Å²) in [4.78, 5) is 0. The molecule has 0 aliphatic carbocycles. The largest absolute Gasteiger partial charge is 1.00 e. The normalized spacial score (nSPS) is 0. The molecule has 6 heteroatoms. The van der Waals surface area contributed by atoms with Gasteiger partial charge in [0, 0.05) is 0 Å². The van der Waals surface area contributed by atoms with E-state index < -0.39 is 0 Å². The van der Waals surface area contributed by atoms with Gasteiger partial charge in [0.1, 0.15) is 0 Å². The Morgan fingerprint density at radius 2 is 0.333 bits per heavy atom. The van der Waals surface area contributed by atoms with Crippen molar-refractivity contribution in [2.24, 2.45) is 0 Å². The molecular weight excluding hydrogens is 423 g/mol. The van der Waals surface area contributed by atoms with Crippen molar-refractivity contribution in [1.29, 1.82) is 0 Å². The van der Waals surface area contributed by atoms with Gasteiger partial charge in [-0.3, -0.25) is 0 Å². The van der Waals surface area contributed by atoms with Crippen molar-refractivity contribution in [2.75, 3.05) is 0 Å². The third-order valence-electron chi connectivity index (χ3n) is 0. The molecule has 0 unspecified atom stereocenters. The molecule has 0 N–H and O–H groups in total. The molecule has 0 nitrogen and oxygen atoms in total. The minimum Gasteiger partial charge on any atom is -1.00 e. The zero-order chi connectivity index (χ0) is 0. The molecule has 0 radical (unpaired) electrons. The van der Waals surface area contributed by atoms with Crippen LogP contribution in [0.25, 0.3) is 0 Å². The molecule has 0 atom stereocenters. The average molecular weight is 423 g/mol. The number of halogens is 5. The molecule has 0 amide bonds. The summed E-state index contributed by atoms with van der Waals surface area (Å²) >= 11 is 0. The molecule has 0 bridgehead atoms. The first-order valence-electron chi connectivity index (χ1n) is 0. The maximum absolute atomic E-state index is 0. The van der Waals surface area contributed by atoms with Crippen LogP contribution in [0.5, 0.6) is 0 Å². The second kappa shape index (κ2) is 39.8. The summed E-state index contributed by atoms with van der Waals surface area (Å²) in [6, 6.07) is 0. The molecule has 0 saturated heterocycles. The first kappa shape index (κ1) is 57.4. The maximum atomic E-state index is 0. The van der Waals surface area contributed by atoms with E-state index in [0.29, 0.717) is 0 Å². The Balaban J connectivity index is 0. The van der Waals surface area contributed by atoms with Gasteiger partial charge < -0.3 is 84.9 Å². The van der Waals surface area contributed by atoms with Gasteiger partial charge in [-0.15, -0.1) is 0 Å². The van der Waals surface area contributed by atoms with Crippen LogP contribution in [0.15, 0.2) is 0 Å². The third-order valence-corrected chi connectivity index (χ3v) is 0. The predicted molar refractivity (Wildman–Crippen MR) is 0 cm³/mol. The first-order valence-corrected chi connectivity index (χ1v) is 0. The third kappa shape index (κ3) is 26.2. The van der Waals surface area contributed by atoms with Crippen LogP contribution in [0.2, 0.25) is 0 Å². The number of hydrogen-bond acceptors (Lipinski definition) is 0. The van der Waals surface area contributed by atoms with E-state index in [4.69, 9.17) is 0 Å². The summed E-state index contributed by atoms with van der Waals surface area (Å²) < 4.78 is 0. The summed E-state index contributed by atoms with van der Waals surface area (Å²) in [5.41, 5.74) is 0. The Morgan fingerprint density at radius 3 is 0.333 bits per heavy atom. The quantitative estimate of drug-likeness (QED) is 0.340. The Morgan fingerprint density at radius 1 is 0.333 bits per heavy atom. The fourth-order valence-corrected chi connectivity index (χ4v) is 0. The minimum atomic E-state index is 0. The van der Waals surface area contributed by atoms with Crippen molar-refractivity contribution in [2.45, 2.75) is 0 Å². The molecule has 0 aliphatic rings. The van der Waals surface area contributed by atoms with E-state index in [1.165, 1.54) is 0 Å². The Labute approximate surface area is 112 Å². The summed E-state index contributed by atoms with van der Waals surface area (Å²) in [7, 11) is 0. The van der Waals surface area contributed by atoms with Crippen molar-refractivity contribution < 1.29 is 114 Å². The molecular formula is Br5Na-4. The van der Waals surface area contributed by atoms with Crippen LogP contribution in [0, 0.1) is 0 Å². The van der Waals surface area contributed by atoms with E-state index >= 15 is 0 Å². The smallest absolute Gasteiger partial charge is 1.00 e. The van der Waals surface area contributed by atoms with E-state index in [1.807, 2.05) is 0 Å². The molecule has 0 spiro atoms. The van der Waals surface area contributed by atoms with Crippen molar-refractivity contribution in [3.05, 3.63) is 0 Å². The summed E-state index contributed by atoms with van der Waals surface area (Å²) in [6.45, 7) is 0. The zero-order valence-electron chi connectivity index (χ0n) is 2.89. The number of hydrogen-bond donors (Lipinski definition) is 0. The standard InChI is InChI=1S/5BrH.Na/h5*1H;/q;;;;;+1/p-5. The van der Waals surface area contributed by atoms with Crippen LogP contribution in [0.1, 0.15) is 0 Å². The monoisotopic (exact) mass is 418 g/mol. The van der Waals surface area contributed by atoms with E-state index in [9.17, 15) is 0 Å². The first-order chi connectivity index (χ1) is 0. The molecule has 0 aromatic rings. The molecule has 0 aromatic carbocycles. The summed E-state index contributed by atoms with van der Waals surface area (Å²) in [5, 5.41) is 0. The SMILES string of the molecule is [Br-].[Br-].[Br-].[Br-].[Br-].[Na+]. The van der Waals surface area contributed by atoms with E-state index in [-0.39, 0.29) is 114 Å². The summed E-state index contributed by atoms with van der Waals surface area (Å²) in [5.74, 6) is 0. The van der Waals surface area contributed by atoms with Gasteiger partial charge in [0.2, 0.25) is 0 Å². The van der Waals surface area contributed by atoms with Crippen LogP contribution in [-0.4, -0.2) is 0 Å². The topological polar surface area (TPSA) is 0 Å². The van der Waals surface area contributed by atoms with Crippen molar-refractivity contribution in [3.63, 3.8) is 0 Å². The second-order valence-electron chi connectivity index (χ2n) is 0. The molecule has 0 fully saturated rings. The van der Waals surface area contributed by atoms with Crippen molar-refractivity contribution in [3.8, 4) is 0 Å². The molecule has 6 heavy (non-hydrogen) atoms. The van der Waals surface area contributed by atoms with Gasteiger partial charge in [0.15, 0.2) is 0 Å². The van der Waals surface area contributed by atoms with Crippen molar-refractivity contribution >= 4 is 0 Å². The Kier molecular flexibility index (Phi) is 381. The zero-order valence-corrected chi connectivity index (χ0v) is 12.8. The molecule has 0 aliphatic heterocycles. The van der Waals surface area contributed by atoms with Crippen LogP contribution >= 0.6 is 0 Å². The minimum absolute atomic E-state index is 0. The van der Waals surface area contributed by atoms with Crippen LogP contribution in [-0.2, 0) is 0 Å². The molecule has 0 rings (SSSR count).